The van der Waals surface area contributed by atoms with E-state index < -0.39 is 0 Å². The fraction of sp³-hybridized carbons (Fsp3) is 0.545. The Labute approximate surface area is 177 Å². The molecule has 2 aromatic rings. The van der Waals surface area contributed by atoms with Gasteiger partial charge in [0.25, 0.3) is 0 Å². The van der Waals surface area contributed by atoms with Gasteiger partial charge in [0.2, 0.25) is 11.8 Å². The summed E-state index contributed by atoms with van der Waals surface area (Å²) in [6.07, 6.45) is 10.2. The second kappa shape index (κ2) is 11.9. The first-order valence-corrected chi connectivity index (χ1v) is 10.8. The monoisotopic (exact) mass is 413 g/mol. The summed E-state index contributed by atoms with van der Waals surface area (Å²) in [7, 11) is 0. The Morgan fingerprint density at radius 2 is 1.73 bits per heavy atom. The first kappa shape index (κ1) is 21.8. The van der Waals surface area contributed by atoms with E-state index in [9.17, 15) is 4.79 Å². The van der Waals surface area contributed by atoms with E-state index in [1.807, 2.05) is 30.6 Å². The molecule has 2 N–H and O–H groups in total. The van der Waals surface area contributed by atoms with Crippen LogP contribution in [-0.4, -0.2) is 40.8 Å². The molecule has 2 aromatic heterocycles. The van der Waals surface area contributed by atoms with Gasteiger partial charge in [-0.15, -0.1) is 0 Å². The van der Waals surface area contributed by atoms with Crippen LogP contribution in [0.2, 0.25) is 0 Å². The highest BCUT2D eigenvalue weighted by Crippen LogP contribution is 2.21. The lowest BCUT2D eigenvalue weighted by atomic mass is 9.99. The Hall–Kier alpha value is -2.90. The Morgan fingerprint density at radius 3 is 2.60 bits per heavy atom. The van der Waals surface area contributed by atoms with Crippen LogP contribution in [0.5, 0.6) is 5.88 Å². The molecular weight excluding hydrogens is 382 g/mol. The largest absolute Gasteiger partial charge is 0.478 e. The number of hydrogen-bond acceptors (Lipinski definition) is 7. The Balaban J connectivity index is 1.61. The molecule has 0 aliphatic carbocycles. The average molecular weight is 414 g/mol. The van der Waals surface area contributed by atoms with Crippen molar-refractivity contribution in [2.24, 2.45) is 0 Å². The molecule has 1 amide bonds. The van der Waals surface area contributed by atoms with Crippen LogP contribution in [0, 0.1) is 0 Å². The number of rotatable bonds is 0. The summed E-state index contributed by atoms with van der Waals surface area (Å²) >= 11 is 0. The second-order valence-corrected chi connectivity index (χ2v) is 7.55. The van der Waals surface area contributed by atoms with E-state index in [1.54, 1.807) is 0 Å². The minimum Gasteiger partial charge on any atom is -0.478 e. The van der Waals surface area contributed by atoms with Crippen molar-refractivity contribution in [2.75, 3.05) is 25.1 Å². The number of aromatic nitrogens is 3. The minimum absolute atomic E-state index is 0.280. The zero-order valence-corrected chi connectivity index (χ0v) is 17.6. The predicted octanol–water partition coefficient (Wildman–Crippen LogP) is 4.57. The van der Waals surface area contributed by atoms with Gasteiger partial charge in [0, 0.05) is 25.0 Å². The van der Waals surface area contributed by atoms with Crippen molar-refractivity contribution >= 4 is 17.9 Å². The van der Waals surface area contributed by atoms with Crippen LogP contribution >= 0.6 is 0 Å². The molecule has 30 heavy (non-hydrogen) atoms. The summed E-state index contributed by atoms with van der Waals surface area (Å²) < 4.78 is 11.0. The fourth-order valence-corrected chi connectivity index (χ4v) is 3.23. The molecule has 1 atom stereocenters. The number of anilines is 2. The molecule has 0 radical (unpaired) electrons. The van der Waals surface area contributed by atoms with Crippen LogP contribution in [-0.2, 0) is 4.74 Å². The van der Waals surface area contributed by atoms with Crippen LogP contribution in [0.4, 0.5) is 16.6 Å². The molecular formula is C22H31N5O3. The van der Waals surface area contributed by atoms with Gasteiger partial charge in [-0.05, 0) is 43.2 Å². The molecule has 0 unspecified atom stereocenters. The average Bonchev–Trinajstić information content (AvgIpc) is 2.75. The second-order valence-electron chi connectivity index (χ2n) is 7.55. The molecule has 162 valence electrons. The standard InChI is InChI=1S/C22H31N5O3/c1-17-9-8-14-30-22(28)23-12-5-3-2-4-6-13-29-20-11-7-10-19(26-20)27-21-24-15-18(17)16-25-21/h7,10-11,15-17H,2-6,8-9,12-14H2,1H3,(H,23,28)(H,24,25,26,27)/t17-/m0/s1. The van der Waals surface area contributed by atoms with E-state index >= 15 is 0 Å². The van der Waals surface area contributed by atoms with Gasteiger partial charge in [-0.1, -0.05) is 32.3 Å². The van der Waals surface area contributed by atoms with Crippen molar-refractivity contribution in [3.8, 4) is 5.88 Å². The molecule has 0 fully saturated rings. The summed E-state index contributed by atoms with van der Waals surface area (Å²) in [5.74, 6) is 2.02. The van der Waals surface area contributed by atoms with Crippen LogP contribution < -0.4 is 15.4 Å². The van der Waals surface area contributed by atoms with Gasteiger partial charge in [-0.3, -0.25) is 0 Å². The van der Waals surface area contributed by atoms with Crippen molar-refractivity contribution in [3.05, 3.63) is 36.2 Å². The van der Waals surface area contributed by atoms with E-state index in [0.717, 1.165) is 50.5 Å². The maximum Gasteiger partial charge on any atom is 0.407 e. The minimum atomic E-state index is -0.331. The van der Waals surface area contributed by atoms with Crippen LogP contribution in [0.3, 0.4) is 0 Å². The lowest BCUT2D eigenvalue weighted by Crippen LogP contribution is -2.25. The highest BCUT2D eigenvalue weighted by Gasteiger charge is 2.09. The molecule has 2 aliphatic rings. The quantitative estimate of drug-likeness (QED) is 0.653. The Morgan fingerprint density at radius 1 is 0.967 bits per heavy atom. The van der Waals surface area contributed by atoms with Crippen LogP contribution in [0.25, 0.3) is 0 Å². The number of carbonyl (C=O) groups is 1. The van der Waals surface area contributed by atoms with Gasteiger partial charge in [-0.2, -0.15) is 4.98 Å². The van der Waals surface area contributed by atoms with Crippen molar-refractivity contribution < 1.29 is 14.3 Å². The lowest BCUT2D eigenvalue weighted by molar-refractivity contribution is 0.143. The highest BCUT2D eigenvalue weighted by molar-refractivity contribution is 5.66. The molecule has 8 heteroatoms. The third-order valence-electron chi connectivity index (χ3n) is 5.06. The highest BCUT2D eigenvalue weighted by atomic mass is 16.5. The number of alkyl carbamates (subject to hydrolysis) is 1. The van der Waals surface area contributed by atoms with Gasteiger partial charge in [0.1, 0.15) is 5.82 Å². The smallest absolute Gasteiger partial charge is 0.407 e. The van der Waals surface area contributed by atoms with Crippen molar-refractivity contribution in [2.45, 2.75) is 57.8 Å². The summed E-state index contributed by atoms with van der Waals surface area (Å²) in [5.41, 5.74) is 1.05. The fourth-order valence-electron chi connectivity index (χ4n) is 3.23. The molecule has 0 spiro atoms. The number of hydrogen-bond donors (Lipinski definition) is 2. The zero-order valence-electron chi connectivity index (χ0n) is 17.6. The van der Waals surface area contributed by atoms with Crippen molar-refractivity contribution in [3.63, 3.8) is 0 Å². The summed E-state index contributed by atoms with van der Waals surface area (Å²) in [6, 6.07) is 5.62. The first-order chi connectivity index (χ1) is 14.7. The summed E-state index contributed by atoms with van der Waals surface area (Å²) in [5, 5.41) is 5.94. The number of pyridine rings is 1. The molecule has 0 saturated carbocycles. The predicted molar refractivity (Wildman–Crippen MR) is 115 cm³/mol. The molecule has 8 nitrogen and oxygen atoms in total. The number of fused-ring (bicyclic) bond motifs is 16. The topological polar surface area (TPSA) is 98.3 Å². The van der Waals surface area contributed by atoms with E-state index in [-0.39, 0.29) is 12.0 Å². The molecule has 4 heterocycles. The number of nitrogens with one attached hydrogen (secondary N) is 2. The normalized spacial score (nSPS) is 19.6. The van der Waals surface area contributed by atoms with Crippen LogP contribution in [0.1, 0.15) is 63.4 Å². The number of carbonyl (C=O) groups excluding carboxylic acids is 1. The first-order valence-electron chi connectivity index (χ1n) is 10.8. The maximum atomic E-state index is 11.7. The van der Waals surface area contributed by atoms with Crippen molar-refractivity contribution in [1.29, 1.82) is 0 Å². The van der Waals surface area contributed by atoms with Gasteiger partial charge < -0.3 is 20.1 Å². The number of nitrogens with zero attached hydrogens (tertiary/aromatic N) is 3. The van der Waals surface area contributed by atoms with Gasteiger partial charge in [0.15, 0.2) is 0 Å². The van der Waals surface area contributed by atoms with Gasteiger partial charge in [-0.25, -0.2) is 14.8 Å². The number of ether oxygens (including phenoxy) is 2. The third-order valence-corrected chi connectivity index (χ3v) is 5.06. The Kier molecular flexibility index (Phi) is 8.68. The van der Waals surface area contributed by atoms with Crippen LogP contribution in [0.15, 0.2) is 30.6 Å². The molecule has 2 aliphatic heterocycles. The third kappa shape index (κ3) is 7.50. The zero-order chi connectivity index (χ0) is 21.0. The summed E-state index contributed by atoms with van der Waals surface area (Å²) in [6.45, 7) is 3.82. The van der Waals surface area contributed by atoms with Gasteiger partial charge in [0.05, 0.1) is 13.2 Å². The van der Waals surface area contributed by atoms with Gasteiger partial charge >= 0.3 is 6.09 Å². The molecule has 4 bridgehead atoms. The summed E-state index contributed by atoms with van der Waals surface area (Å²) in [4.78, 5) is 25.0. The maximum absolute atomic E-state index is 11.7. The molecule has 4 rings (SSSR count). The van der Waals surface area contributed by atoms with E-state index in [2.05, 4.69) is 32.5 Å². The van der Waals surface area contributed by atoms with E-state index in [4.69, 9.17) is 9.47 Å². The van der Waals surface area contributed by atoms with E-state index in [1.165, 1.54) is 0 Å². The Bertz CT molecular complexity index is 785. The SMILES string of the molecule is C[C@H]1CCCOC(=O)NCCCCCCCOc2cccc(n2)Nc2ncc1cn2. The van der Waals surface area contributed by atoms with Crippen molar-refractivity contribution in [1.82, 2.24) is 20.3 Å². The lowest BCUT2D eigenvalue weighted by Gasteiger charge is -2.12. The molecule has 0 aromatic carbocycles. The van der Waals surface area contributed by atoms with E-state index in [0.29, 0.717) is 37.4 Å². The molecule has 0 saturated heterocycles. The number of amides is 1.